The lowest BCUT2D eigenvalue weighted by Crippen LogP contribution is -2.30. The molecule has 0 saturated heterocycles. The van der Waals surface area contributed by atoms with Crippen LogP contribution in [0.4, 0.5) is 5.69 Å². The molecule has 1 aromatic heterocycles. The van der Waals surface area contributed by atoms with E-state index < -0.39 is 0 Å². The van der Waals surface area contributed by atoms with Crippen molar-refractivity contribution in [1.29, 1.82) is 0 Å². The summed E-state index contributed by atoms with van der Waals surface area (Å²) in [6.45, 7) is 3.25. The molecule has 208 valence electrons. The van der Waals surface area contributed by atoms with Gasteiger partial charge in [0.1, 0.15) is 30.5 Å². The van der Waals surface area contributed by atoms with Gasteiger partial charge in [0.25, 0.3) is 0 Å². The lowest BCUT2D eigenvalue weighted by atomic mass is 9.93. The second kappa shape index (κ2) is 11.8. The molecular formula is C34H33N3O4. The zero-order valence-corrected chi connectivity index (χ0v) is 23.2. The molecule has 7 heteroatoms. The summed E-state index contributed by atoms with van der Waals surface area (Å²) >= 11 is 0. The van der Waals surface area contributed by atoms with E-state index in [1.165, 1.54) is 23.6 Å². The fourth-order valence-corrected chi connectivity index (χ4v) is 5.41. The predicted octanol–water partition coefficient (Wildman–Crippen LogP) is 6.53. The highest BCUT2D eigenvalue weighted by atomic mass is 16.5. The van der Waals surface area contributed by atoms with Crippen molar-refractivity contribution in [3.05, 3.63) is 119 Å². The van der Waals surface area contributed by atoms with Crippen molar-refractivity contribution < 1.29 is 19.0 Å². The minimum atomic E-state index is -0.105. The van der Waals surface area contributed by atoms with Gasteiger partial charge >= 0.3 is 0 Å². The Morgan fingerprint density at radius 3 is 2.46 bits per heavy atom. The van der Waals surface area contributed by atoms with E-state index in [2.05, 4.69) is 52.0 Å². The van der Waals surface area contributed by atoms with Gasteiger partial charge in [0.15, 0.2) is 0 Å². The number of methoxy groups -OCH3 is 1. The van der Waals surface area contributed by atoms with Crippen LogP contribution in [0.15, 0.2) is 91.0 Å². The van der Waals surface area contributed by atoms with Crippen LogP contribution in [0.2, 0.25) is 0 Å². The summed E-state index contributed by atoms with van der Waals surface area (Å²) in [7, 11) is 1.67. The average Bonchev–Trinajstić information content (AvgIpc) is 3.38. The number of nitrogens with one attached hydrogen (secondary N) is 3. The third kappa shape index (κ3) is 5.90. The summed E-state index contributed by atoms with van der Waals surface area (Å²) in [5.41, 5.74) is 7.58. The van der Waals surface area contributed by atoms with Crippen molar-refractivity contribution in [2.75, 3.05) is 19.0 Å². The van der Waals surface area contributed by atoms with Crippen LogP contribution in [0.5, 0.6) is 17.2 Å². The summed E-state index contributed by atoms with van der Waals surface area (Å²) in [5, 5.41) is 7.67. The van der Waals surface area contributed by atoms with Crippen molar-refractivity contribution in [3.8, 4) is 17.2 Å². The highest BCUT2D eigenvalue weighted by molar-refractivity contribution is 5.88. The first-order valence-corrected chi connectivity index (χ1v) is 13.8. The van der Waals surface area contributed by atoms with E-state index in [4.69, 9.17) is 14.2 Å². The first-order chi connectivity index (χ1) is 20.1. The number of ether oxygens (including phenoxy) is 3. The number of carbonyl (C=O) groups excluding carboxylic acids is 1. The molecule has 4 aromatic carbocycles. The van der Waals surface area contributed by atoms with Crippen molar-refractivity contribution in [1.82, 2.24) is 10.3 Å². The van der Waals surface area contributed by atoms with Gasteiger partial charge in [-0.25, -0.2) is 0 Å². The van der Waals surface area contributed by atoms with Gasteiger partial charge in [0, 0.05) is 41.3 Å². The van der Waals surface area contributed by atoms with E-state index in [9.17, 15) is 4.79 Å². The highest BCUT2D eigenvalue weighted by Gasteiger charge is 2.26. The van der Waals surface area contributed by atoms with Gasteiger partial charge in [-0.1, -0.05) is 36.4 Å². The Hall–Kier alpha value is -4.75. The lowest BCUT2D eigenvalue weighted by Gasteiger charge is -2.25. The van der Waals surface area contributed by atoms with E-state index in [0.29, 0.717) is 19.0 Å². The van der Waals surface area contributed by atoms with E-state index >= 15 is 0 Å². The number of aromatic amines is 1. The van der Waals surface area contributed by atoms with Gasteiger partial charge in [0.2, 0.25) is 5.91 Å². The molecule has 0 bridgehead atoms. The van der Waals surface area contributed by atoms with Crippen LogP contribution in [0, 0.1) is 0 Å². The van der Waals surface area contributed by atoms with Gasteiger partial charge in [-0.3, -0.25) is 4.79 Å². The van der Waals surface area contributed by atoms with Crippen LogP contribution in [0.3, 0.4) is 0 Å². The Kier molecular flexibility index (Phi) is 7.60. The molecular weight excluding hydrogens is 514 g/mol. The smallest absolute Gasteiger partial charge is 0.221 e. The van der Waals surface area contributed by atoms with Crippen molar-refractivity contribution in [2.24, 2.45) is 0 Å². The molecule has 6 rings (SSSR count). The maximum atomic E-state index is 11.3. The Morgan fingerprint density at radius 2 is 1.68 bits per heavy atom. The Balaban J connectivity index is 1.22. The molecule has 2 heterocycles. The molecule has 0 unspecified atom stereocenters. The molecule has 1 aliphatic heterocycles. The first kappa shape index (κ1) is 26.5. The maximum Gasteiger partial charge on any atom is 0.221 e. The third-order valence-corrected chi connectivity index (χ3v) is 7.38. The zero-order chi connectivity index (χ0) is 28.2. The first-order valence-electron chi connectivity index (χ1n) is 13.8. The largest absolute Gasteiger partial charge is 0.496 e. The van der Waals surface area contributed by atoms with Crippen LogP contribution < -0.4 is 24.8 Å². The van der Waals surface area contributed by atoms with Crippen LogP contribution in [-0.2, 0) is 24.4 Å². The molecule has 0 saturated carbocycles. The number of rotatable bonds is 9. The van der Waals surface area contributed by atoms with Gasteiger partial charge in [0.05, 0.1) is 13.2 Å². The molecule has 0 fully saturated rings. The number of anilines is 1. The Morgan fingerprint density at radius 1 is 0.902 bits per heavy atom. The number of aromatic nitrogens is 1. The lowest BCUT2D eigenvalue weighted by molar-refractivity contribution is -0.114. The number of carbonyl (C=O) groups is 1. The maximum absolute atomic E-state index is 11.3. The van der Waals surface area contributed by atoms with Crippen molar-refractivity contribution in [2.45, 2.75) is 32.6 Å². The van der Waals surface area contributed by atoms with E-state index in [-0.39, 0.29) is 11.9 Å². The number of benzene rings is 4. The zero-order valence-electron chi connectivity index (χ0n) is 23.2. The van der Waals surface area contributed by atoms with Crippen LogP contribution in [0.1, 0.15) is 40.9 Å². The van der Waals surface area contributed by atoms with E-state index in [1.807, 2.05) is 54.6 Å². The Bertz CT molecular complexity index is 1660. The van der Waals surface area contributed by atoms with Gasteiger partial charge in [-0.2, -0.15) is 0 Å². The topological polar surface area (TPSA) is 84.6 Å². The SMILES string of the molecule is COc1ccc([C@@H]2NCCc3c2[nH]c2ccc(OCc4ccccc4)cc32)cc1COc1ccc(NC(C)=O)cc1. The molecule has 5 aromatic rings. The van der Waals surface area contributed by atoms with Crippen LogP contribution in [0.25, 0.3) is 10.9 Å². The van der Waals surface area contributed by atoms with E-state index in [0.717, 1.165) is 52.4 Å². The van der Waals surface area contributed by atoms with Crippen LogP contribution >= 0.6 is 0 Å². The number of fused-ring (bicyclic) bond motifs is 3. The number of H-pyrrole nitrogens is 1. The second-order valence-corrected chi connectivity index (χ2v) is 10.2. The van der Waals surface area contributed by atoms with Gasteiger partial charge in [-0.15, -0.1) is 0 Å². The molecule has 3 N–H and O–H groups in total. The molecule has 0 aliphatic carbocycles. The molecule has 0 spiro atoms. The van der Waals surface area contributed by atoms with Gasteiger partial charge < -0.3 is 29.8 Å². The summed E-state index contributed by atoms with van der Waals surface area (Å²) in [5.74, 6) is 2.25. The molecule has 1 amide bonds. The van der Waals surface area contributed by atoms with Gasteiger partial charge in [-0.05, 0) is 77.7 Å². The summed E-state index contributed by atoms with van der Waals surface area (Å²) in [6, 6.07) is 30.1. The third-order valence-electron chi connectivity index (χ3n) is 7.38. The summed E-state index contributed by atoms with van der Waals surface area (Å²) in [6.07, 6.45) is 0.939. The number of hydrogen-bond donors (Lipinski definition) is 3. The normalized spacial score (nSPS) is 14.3. The average molecular weight is 548 g/mol. The number of amides is 1. The molecule has 1 atom stereocenters. The molecule has 7 nitrogen and oxygen atoms in total. The standard InChI is InChI=1S/C34H33N3O4/c1-22(38)36-26-9-11-27(12-10-26)41-21-25-18-24(8-15-32(25)39-2)33-34-29(16-17-35-33)30-19-28(13-14-31(30)37-34)40-20-23-6-4-3-5-7-23/h3-15,18-19,33,35,37H,16-17,20-21H2,1-2H3,(H,36,38)/t33-/m0/s1. The minimum absolute atomic E-state index is 0.0152. The second-order valence-electron chi connectivity index (χ2n) is 10.2. The fourth-order valence-electron chi connectivity index (χ4n) is 5.41. The van der Waals surface area contributed by atoms with E-state index in [1.54, 1.807) is 7.11 Å². The molecule has 0 radical (unpaired) electrons. The fraction of sp³-hybridized carbons (Fsp3) is 0.206. The van der Waals surface area contributed by atoms with Crippen molar-refractivity contribution in [3.63, 3.8) is 0 Å². The quantitative estimate of drug-likeness (QED) is 0.195. The minimum Gasteiger partial charge on any atom is -0.496 e. The molecule has 41 heavy (non-hydrogen) atoms. The number of hydrogen-bond acceptors (Lipinski definition) is 5. The summed E-state index contributed by atoms with van der Waals surface area (Å²) < 4.78 is 17.9. The monoisotopic (exact) mass is 547 g/mol. The van der Waals surface area contributed by atoms with Crippen molar-refractivity contribution >= 4 is 22.5 Å². The highest BCUT2D eigenvalue weighted by Crippen LogP contribution is 2.36. The van der Waals surface area contributed by atoms with Crippen LogP contribution in [-0.4, -0.2) is 24.5 Å². The Labute approximate surface area is 239 Å². The molecule has 1 aliphatic rings. The summed E-state index contributed by atoms with van der Waals surface area (Å²) in [4.78, 5) is 15.0. The predicted molar refractivity (Wildman–Crippen MR) is 161 cm³/mol.